The van der Waals surface area contributed by atoms with E-state index in [1.54, 1.807) is 11.9 Å². The summed E-state index contributed by atoms with van der Waals surface area (Å²) in [5.41, 5.74) is 1.55. The molecule has 168 valence electrons. The zero-order valence-corrected chi connectivity index (χ0v) is 18.5. The Kier molecular flexibility index (Phi) is 6.39. The Bertz CT molecular complexity index is 985. The molecule has 4 rings (SSSR count). The Morgan fingerprint density at radius 2 is 1.75 bits per heavy atom. The number of nitrogens with zero attached hydrogens (tertiary/aromatic N) is 2. The number of ether oxygens (including phenoxy) is 2. The molecule has 2 aliphatic heterocycles. The van der Waals surface area contributed by atoms with Gasteiger partial charge in [0.2, 0.25) is 17.7 Å². The summed E-state index contributed by atoms with van der Waals surface area (Å²) < 4.78 is 11.1. The first-order valence-electron chi connectivity index (χ1n) is 10.8. The number of carbonyl (C=O) groups excluding carboxylic acids is 3. The zero-order chi connectivity index (χ0) is 22.7. The monoisotopic (exact) mass is 436 g/mol. The van der Waals surface area contributed by atoms with Crippen molar-refractivity contribution >= 4 is 17.7 Å². The summed E-state index contributed by atoms with van der Waals surface area (Å²) in [5.74, 6) is -0.821. The Morgan fingerprint density at radius 1 is 1.06 bits per heavy atom. The fourth-order valence-electron chi connectivity index (χ4n) is 4.41. The number of hydrogen-bond acceptors (Lipinski definition) is 5. The average Bonchev–Trinajstić information content (AvgIpc) is 3.04. The summed E-state index contributed by atoms with van der Waals surface area (Å²) in [5, 5.41) is 0. The van der Waals surface area contributed by atoms with Gasteiger partial charge in [0.25, 0.3) is 0 Å². The Labute approximate surface area is 187 Å². The van der Waals surface area contributed by atoms with E-state index in [0.717, 1.165) is 16.0 Å². The van der Waals surface area contributed by atoms with Crippen molar-refractivity contribution in [3.05, 3.63) is 60.2 Å². The molecule has 0 spiro atoms. The van der Waals surface area contributed by atoms with Crippen molar-refractivity contribution in [1.29, 1.82) is 0 Å². The fraction of sp³-hybridized carbons (Fsp3) is 0.400. The highest BCUT2D eigenvalue weighted by molar-refractivity contribution is 6.10. The molecule has 2 fully saturated rings. The van der Waals surface area contributed by atoms with E-state index in [4.69, 9.17) is 9.47 Å². The second-order valence-electron chi connectivity index (χ2n) is 8.48. The average molecular weight is 437 g/mol. The van der Waals surface area contributed by atoms with Gasteiger partial charge in [-0.2, -0.15) is 0 Å². The topological polar surface area (TPSA) is 76.2 Å². The van der Waals surface area contributed by atoms with Crippen molar-refractivity contribution in [2.45, 2.75) is 24.4 Å². The van der Waals surface area contributed by atoms with Crippen molar-refractivity contribution in [2.24, 2.45) is 0 Å². The van der Waals surface area contributed by atoms with Crippen LogP contribution in [0.3, 0.4) is 0 Å². The lowest BCUT2D eigenvalue weighted by atomic mass is 9.75. The molecule has 0 N–H and O–H groups in total. The number of likely N-dealkylation sites (N-methyl/N-ethyl adjacent to an activating group) is 2. The van der Waals surface area contributed by atoms with E-state index in [1.807, 2.05) is 54.6 Å². The van der Waals surface area contributed by atoms with E-state index >= 15 is 0 Å². The molecule has 3 amide bonds. The molecule has 0 aliphatic carbocycles. The SMILES string of the molecule is CN(C[C@H]1COCCO1)C(=O)C[C@]1(c2ccc(-c3ccccc3)cc2)CC(=O)N(C)C1=O. The highest BCUT2D eigenvalue weighted by Gasteiger charge is 2.52. The summed E-state index contributed by atoms with van der Waals surface area (Å²) in [7, 11) is 3.17. The standard InChI is InChI=1S/C25H28N2O5/c1-26(16-21-17-31-12-13-32-21)22(28)14-25(15-23(29)27(2)24(25)30)20-10-8-19(9-11-20)18-6-4-3-5-7-18/h3-11,21H,12-17H2,1-2H3/t21-,25+/m0/s1. The third-order valence-electron chi connectivity index (χ3n) is 6.33. The van der Waals surface area contributed by atoms with Gasteiger partial charge in [0.05, 0.1) is 31.3 Å². The third kappa shape index (κ3) is 4.31. The minimum atomic E-state index is -1.20. The molecule has 2 heterocycles. The quantitative estimate of drug-likeness (QED) is 0.650. The van der Waals surface area contributed by atoms with Gasteiger partial charge in [0, 0.05) is 33.5 Å². The first-order valence-corrected chi connectivity index (χ1v) is 10.8. The van der Waals surface area contributed by atoms with E-state index in [0.29, 0.717) is 31.9 Å². The number of carbonyl (C=O) groups is 3. The number of amides is 3. The number of rotatable bonds is 6. The van der Waals surface area contributed by atoms with Gasteiger partial charge in [-0.05, 0) is 16.7 Å². The van der Waals surface area contributed by atoms with Gasteiger partial charge in [-0.25, -0.2) is 0 Å². The predicted molar refractivity (Wildman–Crippen MR) is 119 cm³/mol. The van der Waals surface area contributed by atoms with Crippen LogP contribution in [0.15, 0.2) is 54.6 Å². The minimum absolute atomic E-state index is 0.0182. The Morgan fingerprint density at radius 3 is 2.34 bits per heavy atom. The van der Waals surface area contributed by atoms with E-state index in [-0.39, 0.29) is 36.7 Å². The molecular formula is C25H28N2O5. The zero-order valence-electron chi connectivity index (χ0n) is 18.5. The molecule has 0 aromatic heterocycles. The fourth-order valence-corrected chi connectivity index (χ4v) is 4.41. The number of benzene rings is 2. The second kappa shape index (κ2) is 9.22. The lowest BCUT2D eigenvalue weighted by molar-refractivity contribution is -0.143. The van der Waals surface area contributed by atoms with Crippen LogP contribution in [0.5, 0.6) is 0 Å². The van der Waals surface area contributed by atoms with Gasteiger partial charge in [-0.1, -0.05) is 54.6 Å². The van der Waals surface area contributed by atoms with Gasteiger partial charge in [0.15, 0.2) is 0 Å². The smallest absolute Gasteiger partial charge is 0.240 e. The van der Waals surface area contributed by atoms with Gasteiger partial charge in [-0.15, -0.1) is 0 Å². The van der Waals surface area contributed by atoms with Crippen LogP contribution in [0.25, 0.3) is 11.1 Å². The van der Waals surface area contributed by atoms with E-state index in [9.17, 15) is 14.4 Å². The molecule has 7 nitrogen and oxygen atoms in total. The molecule has 32 heavy (non-hydrogen) atoms. The predicted octanol–water partition coefficient (Wildman–Crippen LogP) is 2.24. The summed E-state index contributed by atoms with van der Waals surface area (Å²) in [6.07, 6.45) is -0.283. The van der Waals surface area contributed by atoms with Crippen molar-refractivity contribution in [3.63, 3.8) is 0 Å². The van der Waals surface area contributed by atoms with Crippen LogP contribution in [-0.4, -0.2) is 74.1 Å². The van der Waals surface area contributed by atoms with Crippen molar-refractivity contribution < 1.29 is 23.9 Å². The van der Waals surface area contributed by atoms with E-state index in [2.05, 4.69) is 0 Å². The van der Waals surface area contributed by atoms with Gasteiger partial charge in [0.1, 0.15) is 0 Å². The number of imide groups is 1. The van der Waals surface area contributed by atoms with Crippen LogP contribution < -0.4 is 0 Å². The maximum absolute atomic E-state index is 13.2. The summed E-state index contributed by atoms with van der Waals surface area (Å²) >= 11 is 0. The van der Waals surface area contributed by atoms with Crippen LogP contribution in [-0.2, 0) is 29.3 Å². The Hall–Kier alpha value is -3.03. The second-order valence-corrected chi connectivity index (χ2v) is 8.48. The molecule has 2 atom stereocenters. The van der Waals surface area contributed by atoms with Crippen molar-refractivity contribution in [3.8, 4) is 11.1 Å². The van der Waals surface area contributed by atoms with Crippen LogP contribution >= 0.6 is 0 Å². The largest absolute Gasteiger partial charge is 0.376 e. The van der Waals surface area contributed by atoms with Crippen LogP contribution in [0.2, 0.25) is 0 Å². The summed E-state index contributed by atoms with van der Waals surface area (Å²) in [4.78, 5) is 41.6. The molecule has 7 heteroatoms. The first kappa shape index (κ1) is 22.2. The molecule has 2 saturated heterocycles. The van der Waals surface area contributed by atoms with E-state index in [1.165, 1.54) is 7.05 Å². The molecule has 0 saturated carbocycles. The van der Waals surface area contributed by atoms with Gasteiger partial charge >= 0.3 is 0 Å². The highest BCUT2D eigenvalue weighted by Crippen LogP contribution is 2.40. The Balaban J connectivity index is 1.58. The highest BCUT2D eigenvalue weighted by atomic mass is 16.6. The molecule has 2 aliphatic rings. The van der Waals surface area contributed by atoms with Crippen LogP contribution in [0, 0.1) is 0 Å². The summed E-state index contributed by atoms with van der Waals surface area (Å²) in [6, 6.07) is 17.5. The maximum atomic E-state index is 13.2. The van der Waals surface area contributed by atoms with E-state index < -0.39 is 5.41 Å². The molecule has 0 unspecified atom stereocenters. The van der Waals surface area contributed by atoms with Crippen molar-refractivity contribution in [1.82, 2.24) is 9.80 Å². The third-order valence-corrected chi connectivity index (χ3v) is 6.33. The van der Waals surface area contributed by atoms with Crippen LogP contribution in [0.4, 0.5) is 0 Å². The summed E-state index contributed by atoms with van der Waals surface area (Å²) in [6.45, 7) is 1.87. The molecule has 2 aromatic rings. The van der Waals surface area contributed by atoms with Gasteiger partial charge < -0.3 is 14.4 Å². The molecule has 2 aromatic carbocycles. The lowest BCUT2D eigenvalue weighted by Crippen LogP contribution is -2.45. The van der Waals surface area contributed by atoms with Gasteiger partial charge in [-0.3, -0.25) is 19.3 Å². The minimum Gasteiger partial charge on any atom is -0.376 e. The van der Waals surface area contributed by atoms with Crippen molar-refractivity contribution in [2.75, 3.05) is 40.5 Å². The molecule has 0 radical (unpaired) electrons. The maximum Gasteiger partial charge on any atom is 0.240 e. The number of hydrogen-bond donors (Lipinski definition) is 0. The number of likely N-dealkylation sites (tertiary alicyclic amines) is 1. The first-order chi connectivity index (χ1) is 15.4. The lowest BCUT2D eigenvalue weighted by Gasteiger charge is -2.31. The molecule has 0 bridgehead atoms. The molecular weight excluding hydrogens is 408 g/mol. The normalized spacial score (nSPS) is 23.4. The van der Waals surface area contributed by atoms with Crippen LogP contribution in [0.1, 0.15) is 18.4 Å².